The molecular weight excluding hydrogens is 344 g/mol. The van der Waals surface area contributed by atoms with Gasteiger partial charge in [0.2, 0.25) is 0 Å². The standard InChI is InChI=1S/C17H17BrN2O2/c18-16-3-1-2-13(10-16)8-9-19-17(22)20-11-14-4-6-15(12-21)7-5-14/h1-10,21H,11-12H2,(H2,19,20,22)/b9-8+. The summed E-state index contributed by atoms with van der Waals surface area (Å²) in [5, 5.41) is 14.4. The minimum absolute atomic E-state index is 0.0224. The first kappa shape index (κ1) is 16.3. The topological polar surface area (TPSA) is 61.4 Å². The highest BCUT2D eigenvalue weighted by atomic mass is 79.9. The molecule has 0 unspecified atom stereocenters. The third kappa shape index (κ3) is 5.35. The number of hydrogen-bond acceptors (Lipinski definition) is 2. The monoisotopic (exact) mass is 360 g/mol. The Hall–Kier alpha value is -2.11. The van der Waals surface area contributed by atoms with Crippen LogP contribution in [-0.4, -0.2) is 11.1 Å². The lowest BCUT2D eigenvalue weighted by atomic mass is 10.1. The quantitative estimate of drug-likeness (QED) is 0.764. The van der Waals surface area contributed by atoms with Crippen LogP contribution in [0.4, 0.5) is 4.79 Å². The summed E-state index contributed by atoms with van der Waals surface area (Å²) >= 11 is 3.39. The first-order valence-corrected chi connectivity index (χ1v) is 7.62. The normalized spacial score (nSPS) is 10.6. The van der Waals surface area contributed by atoms with Gasteiger partial charge in [-0.1, -0.05) is 52.3 Å². The van der Waals surface area contributed by atoms with Gasteiger partial charge in [-0.05, 0) is 34.9 Å². The van der Waals surface area contributed by atoms with E-state index in [4.69, 9.17) is 5.11 Å². The number of carbonyl (C=O) groups excluding carboxylic acids is 1. The van der Waals surface area contributed by atoms with Gasteiger partial charge in [0, 0.05) is 17.2 Å². The Morgan fingerprint density at radius 2 is 1.86 bits per heavy atom. The Bertz CT molecular complexity index is 654. The average molecular weight is 361 g/mol. The molecule has 2 aromatic carbocycles. The van der Waals surface area contributed by atoms with Crippen molar-refractivity contribution in [2.24, 2.45) is 0 Å². The van der Waals surface area contributed by atoms with Crippen LogP contribution in [0.25, 0.3) is 6.08 Å². The SMILES string of the molecule is O=C(N/C=C/c1cccc(Br)c1)NCc1ccc(CO)cc1. The fourth-order valence-electron chi connectivity index (χ4n) is 1.82. The van der Waals surface area contributed by atoms with Crippen LogP contribution in [0.15, 0.2) is 59.2 Å². The van der Waals surface area contributed by atoms with Crippen LogP contribution in [-0.2, 0) is 13.2 Å². The largest absolute Gasteiger partial charge is 0.392 e. The minimum atomic E-state index is -0.266. The molecule has 0 heterocycles. The van der Waals surface area contributed by atoms with Gasteiger partial charge in [0.15, 0.2) is 0 Å². The fourth-order valence-corrected chi connectivity index (χ4v) is 2.24. The van der Waals surface area contributed by atoms with Crippen molar-refractivity contribution in [3.63, 3.8) is 0 Å². The number of aliphatic hydroxyl groups is 1. The predicted molar refractivity (Wildman–Crippen MR) is 90.9 cm³/mol. The Labute approximate surface area is 138 Å². The molecule has 2 aromatic rings. The van der Waals surface area contributed by atoms with Gasteiger partial charge in [-0.15, -0.1) is 0 Å². The van der Waals surface area contributed by atoms with Crippen molar-refractivity contribution in [1.29, 1.82) is 0 Å². The van der Waals surface area contributed by atoms with E-state index in [1.165, 1.54) is 0 Å². The molecule has 5 heteroatoms. The number of halogens is 1. The molecule has 0 aliphatic heterocycles. The van der Waals surface area contributed by atoms with Gasteiger partial charge in [-0.25, -0.2) is 4.79 Å². The maximum absolute atomic E-state index is 11.7. The van der Waals surface area contributed by atoms with E-state index in [0.717, 1.165) is 21.2 Å². The molecular formula is C17H17BrN2O2. The van der Waals surface area contributed by atoms with Crippen LogP contribution in [0.2, 0.25) is 0 Å². The first-order chi connectivity index (χ1) is 10.7. The molecule has 2 rings (SSSR count). The second kappa shape index (κ2) is 8.36. The predicted octanol–water partition coefficient (Wildman–Crippen LogP) is 3.41. The summed E-state index contributed by atoms with van der Waals surface area (Å²) in [5.41, 5.74) is 2.82. The third-order valence-electron chi connectivity index (χ3n) is 3.00. The van der Waals surface area contributed by atoms with Crippen molar-refractivity contribution in [3.05, 3.63) is 75.9 Å². The molecule has 0 fully saturated rings. The molecule has 0 aromatic heterocycles. The van der Waals surface area contributed by atoms with Crippen LogP contribution in [0, 0.1) is 0 Å². The number of hydrogen-bond donors (Lipinski definition) is 3. The van der Waals surface area contributed by atoms with Crippen LogP contribution in [0.1, 0.15) is 16.7 Å². The molecule has 0 saturated heterocycles. The molecule has 114 valence electrons. The maximum atomic E-state index is 11.7. The van der Waals surface area contributed by atoms with Gasteiger partial charge in [-0.2, -0.15) is 0 Å². The Balaban J connectivity index is 1.77. The number of nitrogens with one attached hydrogen (secondary N) is 2. The van der Waals surface area contributed by atoms with E-state index in [1.807, 2.05) is 54.6 Å². The first-order valence-electron chi connectivity index (χ1n) is 6.82. The number of rotatable bonds is 5. The molecule has 0 atom stereocenters. The zero-order valence-corrected chi connectivity index (χ0v) is 13.5. The number of benzene rings is 2. The summed E-state index contributed by atoms with van der Waals surface area (Å²) < 4.78 is 0.991. The summed E-state index contributed by atoms with van der Waals surface area (Å²) in [6.07, 6.45) is 3.42. The van der Waals surface area contributed by atoms with Gasteiger partial charge in [0.25, 0.3) is 0 Å². The summed E-state index contributed by atoms with van der Waals surface area (Å²) in [6.45, 7) is 0.455. The van der Waals surface area contributed by atoms with Crippen LogP contribution in [0.3, 0.4) is 0 Å². The van der Waals surface area contributed by atoms with Crippen LogP contribution >= 0.6 is 15.9 Å². The second-order valence-corrected chi connectivity index (χ2v) is 5.61. The van der Waals surface area contributed by atoms with E-state index in [0.29, 0.717) is 6.54 Å². The van der Waals surface area contributed by atoms with Gasteiger partial charge in [-0.3, -0.25) is 0 Å². The Morgan fingerprint density at radius 1 is 1.14 bits per heavy atom. The van der Waals surface area contributed by atoms with Crippen molar-refractivity contribution in [2.75, 3.05) is 0 Å². The van der Waals surface area contributed by atoms with Crippen molar-refractivity contribution in [1.82, 2.24) is 10.6 Å². The molecule has 0 aliphatic rings. The molecule has 0 radical (unpaired) electrons. The summed E-state index contributed by atoms with van der Waals surface area (Å²) in [7, 11) is 0. The molecule has 0 saturated carbocycles. The Kier molecular flexibility index (Phi) is 6.18. The van der Waals surface area contributed by atoms with E-state index in [1.54, 1.807) is 6.20 Å². The van der Waals surface area contributed by atoms with Gasteiger partial charge < -0.3 is 15.7 Å². The second-order valence-electron chi connectivity index (χ2n) is 4.69. The molecule has 0 aliphatic carbocycles. The number of urea groups is 1. The molecule has 0 bridgehead atoms. The van der Waals surface area contributed by atoms with Crippen molar-refractivity contribution in [2.45, 2.75) is 13.2 Å². The van der Waals surface area contributed by atoms with Crippen molar-refractivity contribution >= 4 is 28.0 Å². The lowest BCUT2D eigenvalue weighted by Crippen LogP contribution is -2.31. The zero-order chi connectivity index (χ0) is 15.8. The van der Waals surface area contributed by atoms with Crippen LogP contribution in [0.5, 0.6) is 0 Å². The zero-order valence-electron chi connectivity index (χ0n) is 11.9. The molecule has 4 nitrogen and oxygen atoms in total. The summed E-state index contributed by atoms with van der Waals surface area (Å²) in [4.78, 5) is 11.7. The van der Waals surface area contributed by atoms with Gasteiger partial charge >= 0.3 is 6.03 Å². The van der Waals surface area contributed by atoms with E-state index >= 15 is 0 Å². The van der Waals surface area contributed by atoms with Crippen LogP contribution < -0.4 is 10.6 Å². The summed E-state index contributed by atoms with van der Waals surface area (Å²) in [5.74, 6) is 0. The molecule has 22 heavy (non-hydrogen) atoms. The molecule has 3 N–H and O–H groups in total. The maximum Gasteiger partial charge on any atom is 0.319 e. The number of carbonyl (C=O) groups is 1. The van der Waals surface area contributed by atoms with Crippen molar-refractivity contribution in [3.8, 4) is 0 Å². The number of aliphatic hydroxyl groups excluding tert-OH is 1. The van der Waals surface area contributed by atoms with Gasteiger partial charge in [0.05, 0.1) is 6.61 Å². The number of amides is 2. The van der Waals surface area contributed by atoms with Gasteiger partial charge in [0.1, 0.15) is 0 Å². The molecule has 2 amide bonds. The van der Waals surface area contributed by atoms with E-state index < -0.39 is 0 Å². The van der Waals surface area contributed by atoms with E-state index in [2.05, 4.69) is 26.6 Å². The highest BCUT2D eigenvalue weighted by molar-refractivity contribution is 9.10. The third-order valence-corrected chi connectivity index (χ3v) is 3.49. The average Bonchev–Trinajstić information content (AvgIpc) is 2.53. The highest BCUT2D eigenvalue weighted by Crippen LogP contribution is 2.12. The Morgan fingerprint density at radius 3 is 2.55 bits per heavy atom. The molecule has 0 spiro atoms. The highest BCUT2D eigenvalue weighted by Gasteiger charge is 1.98. The summed E-state index contributed by atoms with van der Waals surface area (Å²) in [6, 6.07) is 14.9. The van der Waals surface area contributed by atoms with E-state index in [9.17, 15) is 4.79 Å². The lowest BCUT2D eigenvalue weighted by molar-refractivity contribution is 0.244. The van der Waals surface area contributed by atoms with Crippen molar-refractivity contribution < 1.29 is 9.90 Å². The minimum Gasteiger partial charge on any atom is -0.392 e. The lowest BCUT2D eigenvalue weighted by Gasteiger charge is -2.05. The fraction of sp³-hybridized carbons (Fsp3) is 0.118. The van der Waals surface area contributed by atoms with E-state index in [-0.39, 0.29) is 12.6 Å². The smallest absolute Gasteiger partial charge is 0.319 e.